The standard InChI is InChI=1S/C32H37F2NO5/c1-4-20-15-21(5-12-29(20)34)27-18-26(39-14-13-30(37)35-23-8-6-22(33)7-9-23)19-32(2,3)28(27)11-10-25-16-24(36)17-31(38)40-25/h5-12,15,24-26,36H,4,13-14,16-19H2,1-3H3,(H,35,37)/b11-10+/t24-,25-,26?/m0/s1. The summed E-state index contributed by atoms with van der Waals surface area (Å²) >= 11 is 0. The molecule has 1 amide bonds. The number of hydrogen-bond acceptors (Lipinski definition) is 5. The number of aliphatic hydroxyl groups is 1. The van der Waals surface area contributed by atoms with Crippen LogP contribution in [0.5, 0.6) is 0 Å². The molecule has 8 heteroatoms. The van der Waals surface area contributed by atoms with Crippen LogP contribution in [0.25, 0.3) is 5.57 Å². The number of ether oxygens (including phenoxy) is 2. The van der Waals surface area contributed by atoms with Crippen LogP contribution in [-0.2, 0) is 25.5 Å². The number of halogens is 2. The largest absolute Gasteiger partial charge is 0.458 e. The summed E-state index contributed by atoms with van der Waals surface area (Å²) in [6, 6.07) is 10.7. The third-order valence-corrected chi connectivity index (χ3v) is 7.48. The molecule has 0 spiro atoms. The minimum atomic E-state index is -0.731. The Morgan fingerprint density at radius 3 is 2.62 bits per heavy atom. The second-order valence-electron chi connectivity index (χ2n) is 11.1. The van der Waals surface area contributed by atoms with Crippen molar-refractivity contribution in [2.75, 3.05) is 11.9 Å². The zero-order chi connectivity index (χ0) is 28.9. The maximum atomic E-state index is 14.4. The summed E-state index contributed by atoms with van der Waals surface area (Å²) in [4.78, 5) is 24.2. The monoisotopic (exact) mass is 553 g/mol. The summed E-state index contributed by atoms with van der Waals surface area (Å²) in [7, 11) is 0. The Balaban J connectivity index is 1.52. The molecule has 2 N–H and O–H groups in total. The number of rotatable bonds is 9. The number of anilines is 1. The fourth-order valence-electron chi connectivity index (χ4n) is 5.45. The summed E-state index contributed by atoms with van der Waals surface area (Å²) in [6.45, 7) is 6.34. The van der Waals surface area contributed by atoms with Gasteiger partial charge in [0.05, 0.1) is 31.7 Å². The first kappa shape index (κ1) is 29.6. The molecule has 2 aliphatic rings. The van der Waals surface area contributed by atoms with Gasteiger partial charge >= 0.3 is 5.97 Å². The Labute approximate surface area is 234 Å². The first-order valence-corrected chi connectivity index (χ1v) is 13.8. The Morgan fingerprint density at radius 1 is 1.18 bits per heavy atom. The van der Waals surface area contributed by atoms with Gasteiger partial charge in [-0.2, -0.15) is 0 Å². The highest BCUT2D eigenvalue weighted by molar-refractivity contribution is 5.90. The van der Waals surface area contributed by atoms with E-state index in [0.717, 1.165) is 16.7 Å². The van der Waals surface area contributed by atoms with Crippen LogP contribution in [0.1, 0.15) is 64.0 Å². The molecule has 214 valence electrons. The molecule has 1 fully saturated rings. The molecule has 2 aromatic carbocycles. The van der Waals surface area contributed by atoms with Crippen LogP contribution in [0.3, 0.4) is 0 Å². The van der Waals surface area contributed by atoms with Gasteiger partial charge in [-0.05, 0) is 89.4 Å². The molecule has 1 aliphatic carbocycles. The van der Waals surface area contributed by atoms with E-state index in [1.165, 1.54) is 30.3 Å². The predicted molar refractivity (Wildman–Crippen MR) is 149 cm³/mol. The highest BCUT2D eigenvalue weighted by Gasteiger charge is 2.35. The van der Waals surface area contributed by atoms with E-state index in [1.807, 2.05) is 25.1 Å². The molecule has 0 saturated carbocycles. The second-order valence-corrected chi connectivity index (χ2v) is 11.1. The lowest BCUT2D eigenvalue weighted by atomic mass is 9.69. The van der Waals surface area contributed by atoms with Crippen molar-refractivity contribution in [3.05, 3.63) is 83.0 Å². The van der Waals surface area contributed by atoms with Crippen molar-refractivity contribution in [3.63, 3.8) is 0 Å². The number of allylic oxidation sites excluding steroid dienone is 2. The van der Waals surface area contributed by atoms with Crippen molar-refractivity contribution in [1.82, 2.24) is 0 Å². The van der Waals surface area contributed by atoms with Crippen molar-refractivity contribution in [2.24, 2.45) is 5.41 Å². The lowest BCUT2D eigenvalue weighted by Crippen LogP contribution is -2.32. The van der Waals surface area contributed by atoms with E-state index in [4.69, 9.17) is 9.47 Å². The van der Waals surface area contributed by atoms with Crippen LogP contribution in [0.4, 0.5) is 14.5 Å². The number of aliphatic hydroxyl groups excluding tert-OH is 1. The zero-order valence-electron chi connectivity index (χ0n) is 23.2. The Kier molecular flexibility index (Phi) is 9.53. The number of amides is 1. The van der Waals surface area contributed by atoms with Crippen molar-refractivity contribution in [3.8, 4) is 0 Å². The molecular weight excluding hydrogens is 516 g/mol. The quantitative estimate of drug-likeness (QED) is 0.365. The number of aryl methyl sites for hydroxylation is 1. The van der Waals surface area contributed by atoms with Crippen LogP contribution in [-0.4, -0.2) is 41.9 Å². The highest BCUT2D eigenvalue weighted by atomic mass is 19.1. The minimum absolute atomic E-state index is 0.0000939. The first-order valence-electron chi connectivity index (χ1n) is 13.8. The van der Waals surface area contributed by atoms with Gasteiger partial charge in [-0.1, -0.05) is 32.9 Å². The third-order valence-electron chi connectivity index (χ3n) is 7.48. The van der Waals surface area contributed by atoms with Gasteiger partial charge in [-0.3, -0.25) is 9.59 Å². The van der Waals surface area contributed by atoms with Gasteiger partial charge < -0.3 is 19.9 Å². The van der Waals surface area contributed by atoms with Crippen LogP contribution in [0, 0.1) is 17.0 Å². The van der Waals surface area contributed by atoms with Crippen molar-refractivity contribution < 1.29 is 33.0 Å². The van der Waals surface area contributed by atoms with Crippen molar-refractivity contribution in [1.29, 1.82) is 0 Å². The number of benzene rings is 2. The van der Waals surface area contributed by atoms with Gasteiger partial charge in [0.1, 0.15) is 17.7 Å². The predicted octanol–water partition coefficient (Wildman–Crippen LogP) is 6.14. The first-order chi connectivity index (χ1) is 19.0. The van der Waals surface area contributed by atoms with Gasteiger partial charge in [0.15, 0.2) is 0 Å². The number of hydrogen-bond donors (Lipinski definition) is 2. The second kappa shape index (κ2) is 12.9. The fourth-order valence-corrected chi connectivity index (χ4v) is 5.45. The molecule has 0 radical (unpaired) electrons. The summed E-state index contributed by atoms with van der Waals surface area (Å²) in [6.07, 6.45) is 4.65. The molecule has 0 bridgehead atoms. The average Bonchev–Trinajstić information content (AvgIpc) is 2.88. The van der Waals surface area contributed by atoms with Crippen molar-refractivity contribution in [2.45, 2.75) is 77.6 Å². The maximum absolute atomic E-state index is 14.4. The van der Waals surface area contributed by atoms with Crippen LogP contribution < -0.4 is 5.32 Å². The number of cyclic esters (lactones) is 1. The lowest BCUT2D eigenvalue weighted by molar-refractivity contribution is -0.156. The number of nitrogens with one attached hydrogen (secondary N) is 1. The SMILES string of the molecule is CCc1cc(C2=C(/C=C/[C@H]3C[C@H](O)CC(=O)O3)C(C)(C)CC(OCCC(=O)Nc3ccc(F)cc3)C2)ccc1F. The van der Waals surface area contributed by atoms with E-state index >= 15 is 0 Å². The number of carbonyl (C=O) groups excluding carboxylic acids is 2. The molecule has 0 aromatic heterocycles. The molecule has 1 saturated heterocycles. The molecular formula is C32H37F2NO5. The summed E-state index contributed by atoms with van der Waals surface area (Å²) < 4.78 is 39.1. The molecule has 1 unspecified atom stereocenters. The van der Waals surface area contributed by atoms with Gasteiger partial charge in [0.25, 0.3) is 0 Å². The summed E-state index contributed by atoms with van der Waals surface area (Å²) in [5.41, 5.74) is 3.73. The van der Waals surface area contributed by atoms with Crippen LogP contribution in [0.15, 0.2) is 60.2 Å². The molecule has 40 heavy (non-hydrogen) atoms. The maximum Gasteiger partial charge on any atom is 0.309 e. The van der Waals surface area contributed by atoms with E-state index in [0.29, 0.717) is 36.9 Å². The molecule has 4 rings (SSSR count). The third kappa shape index (κ3) is 7.64. The fraction of sp³-hybridized carbons (Fsp3) is 0.438. The zero-order valence-corrected chi connectivity index (χ0v) is 23.2. The molecule has 6 nitrogen and oxygen atoms in total. The minimum Gasteiger partial charge on any atom is -0.458 e. The Morgan fingerprint density at radius 2 is 1.93 bits per heavy atom. The molecule has 3 atom stereocenters. The van der Waals surface area contributed by atoms with Crippen molar-refractivity contribution >= 4 is 23.1 Å². The molecule has 2 aromatic rings. The van der Waals surface area contributed by atoms with Gasteiger partial charge in [0.2, 0.25) is 5.91 Å². The molecule has 1 aliphatic heterocycles. The van der Waals surface area contributed by atoms with Gasteiger partial charge in [0, 0.05) is 12.1 Å². The normalized spacial score (nSPS) is 22.9. The van der Waals surface area contributed by atoms with E-state index in [1.54, 1.807) is 6.07 Å². The number of esters is 1. The summed E-state index contributed by atoms with van der Waals surface area (Å²) in [5, 5.41) is 12.8. The van der Waals surface area contributed by atoms with Crippen LogP contribution in [0.2, 0.25) is 0 Å². The van der Waals surface area contributed by atoms with E-state index in [2.05, 4.69) is 19.2 Å². The van der Waals surface area contributed by atoms with Gasteiger partial charge in [-0.15, -0.1) is 0 Å². The smallest absolute Gasteiger partial charge is 0.309 e. The van der Waals surface area contributed by atoms with E-state index < -0.39 is 18.2 Å². The Bertz CT molecular complexity index is 1280. The number of carbonyl (C=O) groups is 2. The van der Waals surface area contributed by atoms with Gasteiger partial charge in [-0.25, -0.2) is 8.78 Å². The van der Waals surface area contributed by atoms with Crippen LogP contribution >= 0.6 is 0 Å². The lowest BCUT2D eigenvalue weighted by Gasteiger charge is -2.39. The summed E-state index contributed by atoms with van der Waals surface area (Å²) in [5.74, 6) is -1.27. The Hall–Kier alpha value is -3.36. The average molecular weight is 554 g/mol. The van der Waals surface area contributed by atoms with E-state index in [9.17, 15) is 23.5 Å². The topological polar surface area (TPSA) is 84.9 Å². The molecule has 1 heterocycles. The van der Waals surface area contributed by atoms with E-state index in [-0.39, 0.29) is 48.5 Å². The highest BCUT2D eigenvalue weighted by Crippen LogP contribution is 2.46.